The summed E-state index contributed by atoms with van der Waals surface area (Å²) in [6.45, 7) is 0.308. The minimum Gasteiger partial charge on any atom is -0.502 e. The van der Waals surface area contributed by atoms with Gasteiger partial charge in [0.05, 0.1) is 24.2 Å². The number of aromatic nitrogens is 1. The molecule has 1 saturated heterocycles. The van der Waals surface area contributed by atoms with Crippen molar-refractivity contribution in [1.29, 1.82) is 0 Å². The molecule has 14 heteroatoms. The number of hydrogen-bond donors (Lipinski definition) is 1. The summed E-state index contributed by atoms with van der Waals surface area (Å²) in [7, 11) is 0. The predicted octanol–water partition coefficient (Wildman–Crippen LogP) is 3.30. The molecule has 0 radical (unpaired) electrons. The smallest absolute Gasteiger partial charge is 0.502 e. The summed E-state index contributed by atoms with van der Waals surface area (Å²) >= 11 is 0.974. The zero-order valence-corrected chi connectivity index (χ0v) is 20.5. The standard InChI is InChI=1S/C25H17F4N3O6S/c26-14-3-1-11-13(18(14)27)10-39-23-12(2-4-16-22(23)38-25(28,29)37-16)19(11)32-17-9-36-8-7-30(17)24(35)20-21(34)15(33)5-6-31(20)32/h1-6,17,19,34H,7-10H2/t17-,19+/m1/s1. The van der Waals surface area contributed by atoms with Crippen LogP contribution in [0.4, 0.5) is 17.6 Å². The van der Waals surface area contributed by atoms with Gasteiger partial charge >= 0.3 is 6.29 Å². The van der Waals surface area contributed by atoms with Crippen LogP contribution in [-0.4, -0.2) is 52.8 Å². The van der Waals surface area contributed by atoms with Crippen LogP contribution in [0.5, 0.6) is 17.2 Å². The molecular formula is C25H17F4N3O6S. The molecular weight excluding hydrogens is 546 g/mol. The van der Waals surface area contributed by atoms with Gasteiger partial charge < -0.3 is 24.2 Å². The molecule has 3 aromatic rings. The molecule has 5 heterocycles. The topological polar surface area (TPSA) is 93.5 Å². The quantitative estimate of drug-likeness (QED) is 0.451. The Kier molecular flexibility index (Phi) is 5.14. The normalized spacial score (nSPS) is 22.5. The third-order valence-corrected chi connectivity index (χ3v) is 8.32. The summed E-state index contributed by atoms with van der Waals surface area (Å²) in [4.78, 5) is 27.4. The first-order valence-corrected chi connectivity index (χ1v) is 12.8. The minimum absolute atomic E-state index is 0.00131. The Morgan fingerprint density at radius 3 is 2.67 bits per heavy atom. The highest BCUT2D eigenvalue weighted by Crippen LogP contribution is 2.54. The van der Waals surface area contributed by atoms with Crippen molar-refractivity contribution in [2.24, 2.45) is 0 Å². The molecule has 2 aromatic carbocycles. The van der Waals surface area contributed by atoms with Gasteiger partial charge in [0.2, 0.25) is 5.43 Å². The number of morpholine rings is 1. The Bertz CT molecular complexity index is 1630. The van der Waals surface area contributed by atoms with Crippen LogP contribution in [0, 0.1) is 11.6 Å². The third-order valence-electron chi connectivity index (χ3n) is 7.18. The SMILES string of the molecule is O=C1c2c(O)c(=O)ccn2N([C@H]2c3ccc(F)c(F)c3CSc3c2ccc2c3OC(F)(F)O2)[C@@H]2COCCN12. The zero-order valence-electron chi connectivity index (χ0n) is 19.7. The Balaban J connectivity index is 1.53. The van der Waals surface area contributed by atoms with E-state index in [9.17, 15) is 27.9 Å². The van der Waals surface area contributed by atoms with Crippen molar-refractivity contribution in [1.82, 2.24) is 9.58 Å². The Morgan fingerprint density at radius 2 is 1.85 bits per heavy atom. The first-order chi connectivity index (χ1) is 18.7. The Morgan fingerprint density at radius 1 is 1.05 bits per heavy atom. The van der Waals surface area contributed by atoms with Gasteiger partial charge in [0.25, 0.3) is 5.91 Å². The molecule has 9 nitrogen and oxygen atoms in total. The second kappa shape index (κ2) is 8.29. The van der Waals surface area contributed by atoms with Gasteiger partial charge in [0, 0.05) is 30.1 Å². The van der Waals surface area contributed by atoms with E-state index in [1.54, 1.807) is 5.01 Å². The number of aromatic hydroxyl groups is 1. The number of halogens is 4. The van der Waals surface area contributed by atoms with Crippen LogP contribution < -0.4 is 19.9 Å². The highest BCUT2D eigenvalue weighted by atomic mass is 32.2. The number of nitrogens with zero attached hydrogens (tertiary/aromatic N) is 3. The van der Waals surface area contributed by atoms with Gasteiger partial charge in [-0.1, -0.05) is 12.1 Å². The average Bonchev–Trinajstić information content (AvgIpc) is 3.13. The van der Waals surface area contributed by atoms with Gasteiger partial charge in [-0.15, -0.1) is 20.5 Å². The molecule has 0 aliphatic carbocycles. The lowest BCUT2D eigenvalue weighted by Crippen LogP contribution is -2.66. The van der Waals surface area contributed by atoms with Crippen LogP contribution in [-0.2, 0) is 10.5 Å². The minimum atomic E-state index is -3.92. The molecule has 1 aromatic heterocycles. The fraction of sp³-hybridized carbons (Fsp3) is 0.280. The number of benzene rings is 2. The second-order valence-electron chi connectivity index (χ2n) is 9.25. The predicted molar refractivity (Wildman–Crippen MR) is 127 cm³/mol. The lowest BCUT2D eigenvalue weighted by molar-refractivity contribution is -0.287. The van der Waals surface area contributed by atoms with E-state index in [0.717, 1.165) is 23.9 Å². The molecule has 0 spiro atoms. The molecule has 39 heavy (non-hydrogen) atoms. The van der Waals surface area contributed by atoms with Crippen LogP contribution in [0.3, 0.4) is 0 Å². The summed E-state index contributed by atoms with van der Waals surface area (Å²) in [6, 6.07) is 5.19. The summed E-state index contributed by atoms with van der Waals surface area (Å²) in [6.07, 6.45) is -3.46. The molecule has 7 rings (SSSR count). The van der Waals surface area contributed by atoms with E-state index in [0.29, 0.717) is 5.56 Å². The number of amides is 1. The van der Waals surface area contributed by atoms with Crippen molar-refractivity contribution in [3.05, 3.63) is 80.8 Å². The number of hydrogen-bond acceptors (Lipinski definition) is 8. The van der Waals surface area contributed by atoms with E-state index < -0.39 is 47.2 Å². The summed E-state index contributed by atoms with van der Waals surface area (Å²) in [5, 5.41) is 12.3. The maximum absolute atomic E-state index is 15.3. The lowest BCUT2D eigenvalue weighted by Gasteiger charge is -2.51. The van der Waals surface area contributed by atoms with Crippen molar-refractivity contribution >= 4 is 17.7 Å². The Hall–Kier alpha value is -3.91. The van der Waals surface area contributed by atoms with E-state index in [-0.39, 0.29) is 58.7 Å². The maximum Gasteiger partial charge on any atom is 0.586 e. The number of carbonyl (C=O) groups is 1. The van der Waals surface area contributed by atoms with E-state index >= 15 is 4.39 Å². The van der Waals surface area contributed by atoms with E-state index in [2.05, 4.69) is 4.74 Å². The number of fused-ring (bicyclic) bond motifs is 6. The monoisotopic (exact) mass is 563 g/mol. The zero-order chi connectivity index (χ0) is 27.2. The molecule has 1 amide bonds. The summed E-state index contributed by atoms with van der Waals surface area (Å²) < 4.78 is 74.3. The number of pyridine rings is 1. The van der Waals surface area contributed by atoms with Crippen LogP contribution >= 0.6 is 11.8 Å². The maximum atomic E-state index is 15.3. The molecule has 0 saturated carbocycles. The first kappa shape index (κ1) is 24.2. The van der Waals surface area contributed by atoms with Crippen molar-refractivity contribution in [2.45, 2.75) is 29.2 Å². The fourth-order valence-corrected chi connectivity index (χ4v) is 6.71. The number of alkyl halides is 2. The number of rotatable bonds is 1. The van der Waals surface area contributed by atoms with Crippen LogP contribution in [0.1, 0.15) is 33.2 Å². The molecule has 0 bridgehead atoms. The highest BCUT2D eigenvalue weighted by Gasteiger charge is 2.49. The second-order valence-corrected chi connectivity index (χ2v) is 10.2. The summed E-state index contributed by atoms with van der Waals surface area (Å²) in [5.74, 6) is -4.20. The van der Waals surface area contributed by atoms with Gasteiger partial charge in [0.15, 0.2) is 34.6 Å². The van der Waals surface area contributed by atoms with Gasteiger partial charge in [-0.3, -0.25) is 19.3 Å². The molecule has 4 aliphatic rings. The average molecular weight is 563 g/mol. The van der Waals surface area contributed by atoms with Gasteiger partial charge in [-0.05, 0) is 23.3 Å². The van der Waals surface area contributed by atoms with Crippen molar-refractivity contribution in [2.75, 3.05) is 24.8 Å². The molecule has 0 unspecified atom stereocenters. The molecule has 202 valence electrons. The lowest BCUT2D eigenvalue weighted by atomic mass is 9.92. The number of carbonyl (C=O) groups excluding carboxylic acids is 1. The van der Waals surface area contributed by atoms with E-state index in [1.165, 1.54) is 34.0 Å². The van der Waals surface area contributed by atoms with Gasteiger partial charge in [-0.25, -0.2) is 8.78 Å². The van der Waals surface area contributed by atoms with Gasteiger partial charge in [-0.2, -0.15) is 0 Å². The van der Waals surface area contributed by atoms with Crippen molar-refractivity contribution < 1.29 is 41.7 Å². The molecule has 1 fully saturated rings. The third kappa shape index (κ3) is 3.44. The highest BCUT2D eigenvalue weighted by molar-refractivity contribution is 7.98. The first-order valence-electron chi connectivity index (χ1n) is 11.8. The van der Waals surface area contributed by atoms with E-state index in [4.69, 9.17) is 9.47 Å². The van der Waals surface area contributed by atoms with Gasteiger partial charge in [0.1, 0.15) is 6.17 Å². The largest absolute Gasteiger partial charge is 0.586 e. The van der Waals surface area contributed by atoms with E-state index in [1.807, 2.05) is 0 Å². The van der Waals surface area contributed by atoms with Crippen LogP contribution in [0.15, 0.2) is 46.2 Å². The summed E-state index contributed by atoms with van der Waals surface area (Å²) in [5.41, 5.74) is -0.469. The van der Waals surface area contributed by atoms with Crippen molar-refractivity contribution in [3.8, 4) is 17.2 Å². The van der Waals surface area contributed by atoms with Crippen LogP contribution in [0.25, 0.3) is 0 Å². The van der Waals surface area contributed by atoms with Crippen molar-refractivity contribution in [3.63, 3.8) is 0 Å². The van der Waals surface area contributed by atoms with Crippen LogP contribution in [0.2, 0.25) is 0 Å². The number of ether oxygens (including phenoxy) is 3. The molecule has 2 atom stereocenters. The Labute approximate surface area is 221 Å². The fourth-order valence-electron chi connectivity index (χ4n) is 5.51. The number of thioether (sulfide) groups is 1. The molecule has 1 N–H and O–H groups in total. The molecule has 4 aliphatic heterocycles.